The molecule has 0 aliphatic heterocycles. The Hall–Kier alpha value is -4.42. The third-order valence-corrected chi connectivity index (χ3v) is 8.72. The highest BCUT2D eigenvalue weighted by Crippen LogP contribution is 2.54. The molecule has 0 amide bonds. The summed E-state index contributed by atoms with van der Waals surface area (Å²) >= 11 is 0. The molecule has 0 saturated carbocycles. The first-order valence-electron chi connectivity index (χ1n) is 12.8. The van der Waals surface area contributed by atoms with Crippen molar-refractivity contribution in [2.24, 2.45) is 0 Å². The lowest BCUT2D eigenvalue weighted by molar-refractivity contribution is 1.55. The van der Waals surface area contributed by atoms with Gasteiger partial charge in [-0.25, -0.2) is 0 Å². The normalized spacial score (nSPS) is 12.7. The van der Waals surface area contributed by atoms with Gasteiger partial charge in [0.25, 0.3) is 0 Å². The highest BCUT2D eigenvalue weighted by molar-refractivity contribution is 6.53. The fourth-order valence-corrected chi connectivity index (χ4v) is 7.38. The molecule has 0 atom stereocenters. The predicted octanol–water partition coefficient (Wildman–Crippen LogP) is 10.4. The van der Waals surface area contributed by atoms with E-state index in [1.165, 1.54) is 97.3 Å². The lowest BCUT2D eigenvalue weighted by Gasteiger charge is -2.15. The van der Waals surface area contributed by atoms with E-state index >= 15 is 0 Å². The summed E-state index contributed by atoms with van der Waals surface area (Å²) < 4.78 is 0. The Morgan fingerprint density at radius 2 is 0.694 bits per heavy atom. The number of hydrogen-bond acceptors (Lipinski definition) is 0. The van der Waals surface area contributed by atoms with E-state index in [1.807, 2.05) is 0 Å². The van der Waals surface area contributed by atoms with Gasteiger partial charge in [0.05, 0.1) is 0 Å². The molecule has 0 heterocycles. The second-order valence-corrected chi connectivity index (χ2v) is 10.5. The fourth-order valence-electron chi connectivity index (χ4n) is 7.38. The average molecular weight is 455 g/mol. The molecule has 9 aromatic rings. The lowest BCUT2D eigenvalue weighted by Crippen LogP contribution is -1.87. The Morgan fingerprint density at radius 3 is 1.14 bits per heavy atom. The number of aryl methyl sites for hydroxylation is 2. The molecule has 0 fully saturated rings. The van der Waals surface area contributed by atoms with Crippen molar-refractivity contribution in [1.29, 1.82) is 0 Å². The molecule has 0 bridgehead atoms. The monoisotopic (exact) mass is 454 g/mol. The van der Waals surface area contributed by atoms with E-state index in [1.54, 1.807) is 0 Å². The van der Waals surface area contributed by atoms with Crippen molar-refractivity contribution in [3.63, 3.8) is 0 Å². The average Bonchev–Trinajstić information content (AvgIpc) is 3.41. The van der Waals surface area contributed by atoms with Gasteiger partial charge in [-0.2, -0.15) is 0 Å². The van der Waals surface area contributed by atoms with Crippen LogP contribution in [0.5, 0.6) is 0 Å². The summed E-state index contributed by atoms with van der Waals surface area (Å²) in [5.74, 6) is 0. The van der Waals surface area contributed by atoms with Crippen LogP contribution in [0.25, 0.3) is 86.2 Å². The maximum absolute atomic E-state index is 2.44. The van der Waals surface area contributed by atoms with Crippen LogP contribution in [-0.4, -0.2) is 0 Å². The van der Waals surface area contributed by atoms with Crippen LogP contribution in [0.4, 0.5) is 0 Å². The summed E-state index contributed by atoms with van der Waals surface area (Å²) in [6, 6.07) is 36.5. The van der Waals surface area contributed by atoms with Crippen molar-refractivity contribution in [2.75, 3.05) is 0 Å². The van der Waals surface area contributed by atoms with E-state index in [4.69, 9.17) is 0 Å². The van der Waals surface area contributed by atoms with E-state index in [2.05, 4.69) is 111 Å². The summed E-state index contributed by atoms with van der Waals surface area (Å²) in [6.07, 6.45) is 0. The molecule has 9 rings (SSSR count). The Morgan fingerprint density at radius 1 is 0.306 bits per heavy atom. The van der Waals surface area contributed by atoms with Gasteiger partial charge in [0.2, 0.25) is 0 Å². The third kappa shape index (κ3) is 2.01. The van der Waals surface area contributed by atoms with Gasteiger partial charge in [-0.1, -0.05) is 84.9 Å². The smallest absolute Gasteiger partial charge is 0.000473 e. The highest BCUT2D eigenvalue weighted by Gasteiger charge is 2.25. The summed E-state index contributed by atoms with van der Waals surface area (Å²) in [7, 11) is 0. The van der Waals surface area contributed by atoms with Crippen molar-refractivity contribution in [3.05, 3.63) is 108 Å². The molecule has 0 aliphatic rings. The van der Waals surface area contributed by atoms with Crippen molar-refractivity contribution in [3.8, 4) is 0 Å². The topological polar surface area (TPSA) is 0 Å². The van der Waals surface area contributed by atoms with Gasteiger partial charge >= 0.3 is 0 Å². The molecular formula is C36H22. The van der Waals surface area contributed by atoms with Gasteiger partial charge in [0.15, 0.2) is 0 Å². The Bertz CT molecular complexity index is 2200. The number of fused-ring (bicyclic) bond motifs is 12. The van der Waals surface area contributed by atoms with Gasteiger partial charge in [-0.3, -0.25) is 0 Å². The lowest BCUT2D eigenvalue weighted by atomic mass is 9.87. The number of benzene rings is 7. The maximum Gasteiger partial charge on any atom is -0.000473 e. The third-order valence-electron chi connectivity index (χ3n) is 8.72. The van der Waals surface area contributed by atoms with E-state index in [0.29, 0.717) is 0 Å². The van der Waals surface area contributed by atoms with Gasteiger partial charge in [0.1, 0.15) is 0 Å². The first-order chi connectivity index (χ1) is 17.7. The summed E-state index contributed by atoms with van der Waals surface area (Å²) in [5, 5.41) is 22.2. The molecule has 166 valence electrons. The summed E-state index contributed by atoms with van der Waals surface area (Å²) in [6.45, 7) is 4.55. The number of hydrogen-bond donors (Lipinski definition) is 0. The molecule has 0 nitrogen and oxygen atoms in total. The van der Waals surface area contributed by atoms with Gasteiger partial charge in [-0.15, -0.1) is 0 Å². The standard InChI is InChI=1S/C36H22/c1-19-9-7-11-21-17-27-24-14-4-6-16-26(24)32-33(27)35(29(19)21)31-25-15-5-3-13-23(25)28-18-22-12-8-10-20(2)30(22)36(32)34(28)31/h3-18H,1-2H3. The van der Waals surface area contributed by atoms with Crippen LogP contribution >= 0.6 is 0 Å². The molecule has 0 aliphatic carbocycles. The van der Waals surface area contributed by atoms with E-state index in [0.717, 1.165) is 0 Å². The number of rotatable bonds is 0. The van der Waals surface area contributed by atoms with Crippen LogP contribution in [-0.2, 0) is 0 Å². The fraction of sp³-hybridized carbons (Fsp3) is 0.0556. The molecule has 0 saturated heterocycles. The Kier molecular flexibility index (Phi) is 3.26. The molecule has 9 aromatic carbocycles. The molecular weight excluding hydrogens is 432 g/mol. The minimum absolute atomic E-state index is 1.33. The van der Waals surface area contributed by atoms with Gasteiger partial charge in [-0.05, 0) is 123 Å². The van der Waals surface area contributed by atoms with Crippen molar-refractivity contribution >= 4 is 86.2 Å². The predicted molar refractivity (Wildman–Crippen MR) is 158 cm³/mol. The zero-order valence-corrected chi connectivity index (χ0v) is 20.2. The van der Waals surface area contributed by atoms with Crippen LogP contribution in [0.15, 0.2) is 97.1 Å². The summed E-state index contributed by atoms with van der Waals surface area (Å²) in [5.41, 5.74) is 2.69. The molecule has 0 N–H and O–H groups in total. The summed E-state index contributed by atoms with van der Waals surface area (Å²) in [4.78, 5) is 0. The van der Waals surface area contributed by atoms with Crippen LogP contribution < -0.4 is 0 Å². The van der Waals surface area contributed by atoms with E-state index < -0.39 is 0 Å². The second kappa shape index (κ2) is 6.22. The zero-order valence-electron chi connectivity index (χ0n) is 20.2. The van der Waals surface area contributed by atoms with E-state index in [-0.39, 0.29) is 0 Å². The van der Waals surface area contributed by atoms with Crippen molar-refractivity contribution in [2.45, 2.75) is 13.8 Å². The van der Waals surface area contributed by atoms with Crippen LogP contribution in [0.2, 0.25) is 0 Å². The largest absolute Gasteiger partial charge is 0.0616 e. The minimum Gasteiger partial charge on any atom is -0.0616 e. The quantitative estimate of drug-likeness (QED) is 0.158. The highest BCUT2D eigenvalue weighted by atomic mass is 14.3. The van der Waals surface area contributed by atoms with E-state index in [9.17, 15) is 0 Å². The molecule has 36 heavy (non-hydrogen) atoms. The molecule has 0 radical (unpaired) electrons. The Labute approximate surface area is 208 Å². The van der Waals surface area contributed by atoms with Crippen LogP contribution in [0.3, 0.4) is 0 Å². The van der Waals surface area contributed by atoms with Crippen LogP contribution in [0, 0.1) is 13.8 Å². The first kappa shape index (κ1) is 18.9. The maximum atomic E-state index is 2.44. The second-order valence-electron chi connectivity index (χ2n) is 10.5. The molecule has 0 heteroatoms. The van der Waals surface area contributed by atoms with Crippen LogP contribution in [0.1, 0.15) is 11.1 Å². The SMILES string of the molecule is Cc1cccc2cc3c4ccccc4c4c3c(c12)c1c2ccccc2c2cc3cccc(C)c3c4c21. The molecule has 0 aromatic heterocycles. The zero-order chi connectivity index (χ0) is 23.7. The van der Waals surface area contributed by atoms with Gasteiger partial charge in [0, 0.05) is 0 Å². The van der Waals surface area contributed by atoms with Gasteiger partial charge < -0.3 is 0 Å². The molecule has 0 unspecified atom stereocenters. The minimum atomic E-state index is 1.33. The Balaban J connectivity index is 1.84. The first-order valence-corrected chi connectivity index (χ1v) is 12.8. The molecule has 0 spiro atoms. The van der Waals surface area contributed by atoms with Crippen molar-refractivity contribution in [1.82, 2.24) is 0 Å². The van der Waals surface area contributed by atoms with Crippen molar-refractivity contribution < 1.29 is 0 Å².